The largest absolute Gasteiger partial charge is 0.694 e. The molecule has 0 saturated heterocycles. The van der Waals surface area contributed by atoms with Gasteiger partial charge in [-0.25, -0.2) is 9.78 Å². The average molecular weight is 301 g/mol. The molecule has 9 nitrogen and oxygen atoms in total. The van der Waals surface area contributed by atoms with Crippen LogP contribution in [0.4, 0.5) is 0 Å². The molecule has 108 valence electrons. The van der Waals surface area contributed by atoms with Crippen molar-refractivity contribution in [1.82, 2.24) is 18.7 Å². The standard InChI is InChI=1S/C10H13N4O5P/c1-12-6-11-8-7(12)9(15)14(10(16)13(8)2)4-3-5-19-20(17)18/h6H,3-5H2,1-2H3/p+1. The lowest BCUT2D eigenvalue weighted by atomic mass is 10.4. The number of aromatic nitrogens is 4. The Kier molecular flexibility index (Phi) is 4.12. The van der Waals surface area contributed by atoms with Crippen LogP contribution in [0.1, 0.15) is 6.42 Å². The molecule has 1 atom stereocenters. The van der Waals surface area contributed by atoms with Crippen LogP contribution in [0.25, 0.3) is 11.2 Å². The van der Waals surface area contributed by atoms with Gasteiger partial charge in [0.15, 0.2) is 11.2 Å². The molecule has 0 amide bonds. The predicted molar refractivity (Wildman–Crippen MR) is 70.6 cm³/mol. The Morgan fingerprint density at radius 3 is 2.75 bits per heavy atom. The fourth-order valence-electron chi connectivity index (χ4n) is 1.96. The van der Waals surface area contributed by atoms with Gasteiger partial charge < -0.3 is 4.57 Å². The van der Waals surface area contributed by atoms with Crippen LogP contribution in [0.3, 0.4) is 0 Å². The summed E-state index contributed by atoms with van der Waals surface area (Å²) in [7, 11) is 0.545. The third kappa shape index (κ3) is 2.55. The Morgan fingerprint density at radius 1 is 1.40 bits per heavy atom. The Balaban J connectivity index is 2.38. The molecule has 2 aromatic heterocycles. The van der Waals surface area contributed by atoms with Crippen molar-refractivity contribution in [1.29, 1.82) is 0 Å². The Labute approximate surface area is 114 Å². The molecule has 0 bridgehead atoms. The molecule has 0 aliphatic rings. The van der Waals surface area contributed by atoms with Crippen molar-refractivity contribution in [2.75, 3.05) is 6.61 Å². The zero-order chi connectivity index (χ0) is 14.9. The molecule has 0 aromatic carbocycles. The van der Waals surface area contributed by atoms with Crippen LogP contribution >= 0.6 is 8.25 Å². The normalized spacial score (nSPS) is 12.1. The van der Waals surface area contributed by atoms with Crippen molar-refractivity contribution in [3.05, 3.63) is 27.2 Å². The van der Waals surface area contributed by atoms with Gasteiger partial charge in [0.05, 0.1) is 6.33 Å². The van der Waals surface area contributed by atoms with Gasteiger partial charge in [0, 0.05) is 25.2 Å². The van der Waals surface area contributed by atoms with Crippen LogP contribution in [0.15, 0.2) is 15.9 Å². The van der Waals surface area contributed by atoms with E-state index in [1.165, 1.54) is 17.9 Å². The van der Waals surface area contributed by atoms with Gasteiger partial charge in [-0.2, -0.15) is 0 Å². The van der Waals surface area contributed by atoms with E-state index in [0.29, 0.717) is 11.2 Å². The van der Waals surface area contributed by atoms with Crippen molar-refractivity contribution in [2.24, 2.45) is 14.1 Å². The summed E-state index contributed by atoms with van der Waals surface area (Å²) in [5.41, 5.74) is -0.249. The quantitative estimate of drug-likeness (QED) is 0.588. The van der Waals surface area contributed by atoms with Crippen molar-refractivity contribution < 1.29 is 14.0 Å². The number of rotatable bonds is 5. The molecule has 0 saturated carbocycles. The van der Waals surface area contributed by atoms with E-state index in [9.17, 15) is 14.2 Å². The van der Waals surface area contributed by atoms with Crippen molar-refractivity contribution in [2.45, 2.75) is 13.0 Å². The Hall–Kier alpha value is -1.83. The molecular weight excluding hydrogens is 287 g/mol. The monoisotopic (exact) mass is 301 g/mol. The lowest BCUT2D eigenvalue weighted by molar-refractivity contribution is 0.270. The summed E-state index contributed by atoms with van der Waals surface area (Å²) in [6.45, 7) is 0.0977. The molecule has 2 rings (SSSR count). The van der Waals surface area contributed by atoms with Gasteiger partial charge in [-0.1, -0.05) is 0 Å². The van der Waals surface area contributed by atoms with Gasteiger partial charge in [-0.05, 0) is 6.42 Å². The second-order valence-corrected chi connectivity index (χ2v) is 4.98. The molecule has 0 fully saturated rings. The summed E-state index contributed by atoms with van der Waals surface area (Å²) >= 11 is 0. The SMILES string of the molecule is Cn1cnc2c1c(=O)n(CCCO[P+](=O)O)c(=O)n2C. The Morgan fingerprint density at radius 2 is 2.10 bits per heavy atom. The molecule has 1 N–H and O–H groups in total. The molecule has 1 unspecified atom stereocenters. The lowest BCUT2D eigenvalue weighted by Crippen LogP contribution is -2.39. The topological polar surface area (TPSA) is 108 Å². The highest BCUT2D eigenvalue weighted by molar-refractivity contribution is 7.32. The summed E-state index contributed by atoms with van der Waals surface area (Å²) in [5, 5.41) is 0. The maximum absolute atomic E-state index is 12.3. The molecule has 0 aliphatic heterocycles. The van der Waals surface area contributed by atoms with E-state index in [2.05, 4.69) is 9.51 Å². The van der Waals surface area contributed by atoms with E-state index >= 15 is 0 Å². The number of aryl methyl sites for hydroxylation is 2. The number of hydrogen-bond acceptors (Lipinski definition) is 5. The highest BCUT2D eigenvalue weighted by Gasteiger charge is 2.15. The molecular formula is C10H14N4O5P+. The predicted octanol–water partition coefficient (Wildman–Crippen LogP) is -0.510. The van der Waals surface area contributed by atoms with Gasteiger partial charge in [-0.3, -0.25) is 13.9 Å². The van der Waals surface area contributed by atoms with Crippen LogP contribution in [-0.4, -0.2) is 30.2 Å². The minimum Gasteiger partial charge on any atom is -0.328 e. The highest BCUT2D eigenvalue weighted by atomic mass is 31.1. The van der Waals surface area contributed by atoms with Crippen molar-refractivity contribution in [3.63, 3.8) is 0 Å². The van der Waals surface area contributed by atoms with Crippen LogP contribution in [0.5, 0.6) is 0 Å². The van der Waals surface area contributed by atoms with Crippen molar-refractivity contribution in [3.8, 4) is 0 Å². The van der Waals surface area contributed by atoms with Gasteiger partial charge in [0.2, 0.25) is 0 Å². The second kappa shape index (κ2) is 5.66. The number of nitrogens with zero attached hydrogens (tertiary/aromatic N) is 4. The minimum atomic E-state index is -2.66. The lowest BCUT2D eigenvalue weighted by Gasteiger charge is -2.07. The van der Waals surface area contributed by atoms with Crippen molar-refractivity contribution >= 4 is 19.4 Å². The minimum absolute atomic E-state index is 0.00920. The highest BCUT2D eigenvalue weighted by Crippen LogP contribution is 2.14. The first kappa shape index (κ1) is 14.6. The zero-order valence-corrected chi connectivity index (χ0v) is 11.9. The van der Waals surface area contributed by atoms with Gasteiger partial charge in [0.1, 0.15) is 6.61 Å². The molecule has 0 spiro atoms. The van der Waals surface area contributed by atoms with E-state index < -0.39 is 19.5 Å². The maximum atomic E-state index is 12.3. The average Bonchev–Trinajstić information content (AvgIpc) is 2.77. The molecule has 2 heterocycles. The summed E-state index contributed by atoms with van der Waals surface area (Å²) in [5.74, 6) is 0. The zero-order valence-electron chi connectivity index (χ0n) is 11.0. The van der Waals surface area contributed by atoms with Gasteiger partial charge in [0.25, 0.3) is 5.56 Å². The summed E-state index contributed by atoms with van der Waals surface area (Å²) in [4.78, 5) is 36.8. The number of fused-ring (bicyclic) bond motifs is 1. The van der Waals surface area contributed by atoms with Crippen LogP contribution < -0.4 is 11.2 Å². The van der Waals surface area contributed by atoms with Gasteiger partial charge in [-0.15, -0.1) is 9.42 Å². The molecule has 10 heteroatoms. The Bertz CT molecular complexity index is 774. The summed E-state index contributed by atoms with van der Waals surface area (Å²) < 4.78 is 18.8. The van der Waals surface area contributed by atoms with Crippen LogP contribution in [0.2, 0.25) is 0 Å². The van der Waals surface area contributed by atoms with Gasteiger partial charge >= 0.3 is 13.9 Å². The van der Waals surface area contributed by atoms with E-state index in [-0.39, 0.29) is 19.6 Å². The van der Waals surface area contributed by atoms with E-state index in [0.717, 1.165) is 4.57 Å². The molecule has 20 heavy (non-hydrogen) atoms. The summed E-state index contributed by atoms with van der Waals surface area (Å²) in [6, 6.07) is 0. The third-order valence-electron chi connectivity index (χ3n) is 2.93. The fraction of sp³-hybridized carbons (Fsp3) is 0.500. The maximum Gasteiger partial charge on any atom is 0.694 e. The van der Waals surface area contributed by atoms with E-state index in [4.69, 9.17) is 4.89 Å². The first-order chi connectivity index (χ1) is 9.43. The molecule has 2 aromatic rings. The molecule has 0 aliphatic carbocycles. The molecule has 0 radical (unpaired) electrons. The smallest absolute Gasteiger partial charge is 0.328 e. The van der Waals surface area contributed by atoms with Crippen LogP contribution in [0, 0.1) is 0 Å². The first-order valence-corrected chi connectivity index (χ1v) is 6.96. The van der Waals surface area contributed by atoms with E-state index in [1.807, 2.05) is 0 Å². The first-order valence-electron chi connectivity index (χ1n) is 5.83. The number of hydrogen-bond donors (Lipinski definition) is 1. The van der Waals surface area contributed by atoms with Crippen LogP contribution in [-0.2, 0) is 29.7 Å². The fourth-order valence-corrected chi connectivity index (χ4v) is 2.24. The number of imidazole rings is 1. The van der Waals surface area contributed by atoms with E-state index in [1.54, 1.807) is 11.6 Å². The summed E-state index contributed by atoms with van der Waals surface area (Å²) in [6.07, 6.45) is 1.75. The third-order valence-corrected chi connectivity index (χ3v) is 3.33. The second-order valence-electron chi connectivity index (χ2n) is 4.25.